The van der Waals surface area contributed by atoms with E-state index in [0.717, 1.165) is 56.0 Å². The number of nitrogens with zero attached hydrogens (tertiary/aromatic N) is 3. The van der Waals surface area contributed by atoms with E-state index in [4.69, 9.17) is 15.6 Å². The maximum Gasteiger partial charge on any atom is 0.303 e. The number of piperidine rings is 1. The van der Waals surface area contributed by atoms with Crippen molar-refractivity contribution in [1.82, 2.24) is 9.97 Å². The number of carboxylic acid groups (broad SMARTS) is 1. The summed E-state index contributed by atoms with van der Waals surface area (Å²) in [7, 11) is 0. The van der Waals surface area contributed by atoms with Crippen molar-refractivity contribution in [2.45, 2.75) is 52.1 Å². The molecule has 0 amide bonds. The standard InChI is InChI=1S/C16H26N4O3/c1-3-9-23-12-5-4-8-20(10-12)15-13(6-7-14(21)22)11(2)18-16(17)19-15/h12H,3-10H2,1-2H3,(H,21,22)(H2,17,18,19)/t12-/m0/s1. The lowest BCUT2D eigenvalue weighted by Gasteiger charge is -2.34. The van der Waals surface area contributed by atoms with E-state index < -0.39 is 5.97 Å². The van der Waals surface area contributed by atoms with Crippen molar-refractivity contribution in [2.24, 2.45) is 0 Å². The number of hydrogen-bond acceptors (Lipinski definition) is 6. The first-order valence-electron chi connectivity index (χ1n) is 8.22. The predicted molar refractivity (Wildman–Crippen MR) is 88.6 cm³/mol. The number of aryl methyl sites for hydroxylation is 1. The van der Waals surface area contributed by atoms with Gasteiger partial charge in [-0.05, 0) is 32.6 Å². The largest absolute Gasteiger partial charge is 0.481 e. The molecule has 1 aliphatic rings. The highest BCUT2D eigenvalue weighted by Gasteiger charge is 2.24. The molecule has 2 heterocycles. The van der Waals surface area contributed by atoms with Crippen LogP contribution in [0.1, 0.15) is 43.9 Å². The molecule has 1 atom stereocenters. The number of aliphatic carboxylic acids is 1. The summed E-state index contributed by atoms with van der Waals surface area (Å²) in [5.74, 6) is 0.171. The Hall–Kier alpha value is -1.89. The summed E-state index contributed by atoms with van der Waals surface area (Å²) in [6, 6.07) is 0. The van der Waals surface area contributed by atoms with Crippen molar-refractivity contribution in [3.63, 3.8) is 0 Å². The fraction of sp³-hybridized carbons (Fsp3) is 0.688. The van der Waals surface area contributed by atoms with E-state index >= 15 is 0 Å². The molecule has 1 aromatic rings. The number of carbonyl (C=O) groups is 1. The zero-order valence-electron chi connectivity index (χ0n) is 13.9. The molecule has 1 saturated heterocycles. The number of anilines is 2. The summed E-state index contributed by atoms with van der Waals surface area (Å²) in [5, 5.41) is 8.96. The third kappa shape index (κ3) is 4.79. The van der Waals surface area contributed by atoms with Gasteiger partial charge >= 0.3 is 5.97 Å². The summed E-state index contributed by atoms with van der Waals surface area (Å²) in [6.45, 7) is 6.35. The first kappa shape index (κ1) is 17.5. The molecule has 1 aliphatic heterocycles. The second kappa shape index (κ2) is 8.10. The van der Waals surface area contributed by atoms with Gasteiger partial charge in [0.25, 0.3) is 0 Å². The molecule has 0 aromatic carbocycles. The maximum absolute atomic E-state index is 10.9. The van der Waals surface area contributed by atoms with Gasteiger partial charge in [0.1, 0.15) is 5.82 Å². The Labute approximate surface area is 136 Å². The van der Waals surface area contributed by atoms with Crippen LogP contribution in [0.15, 0.2) is 0 Å². The van der Waals surface area contributed by atoms with Gasteiger partial charge in [-0.2, -0.15) is 4.98 Å². The molecule has 1 aromatic heterocycles. The lowest BCUT2D eigenvalue weighted by atomic mass is 10.0. The predicted octanol–water partition coefficient (Wildman–Crippen LogP) is 1.78. The molecule has 0 unspecified atom stereocenters. The maximum atomic E-state index is 10.9. The molecular weight excluding hydrogens is 296 g/mol. The van der Waals surface area contributed by atoms with Crippen LogP contribution in [-0.4, -0.2) is 46.8 Å². The molecule has 7 heteroatoms. The Morgan fingerprint density at radius 2 is 2.26 bits per heavy atom. The molecule has 0 bridgehead atoms. The Kier molecular flexibility index (Phi) is 6.15. The number of aromatic nitrogens is 2. The van der Waals surface area contributed by atoms with Crippen LogP contribution in [0.2, 0.25) is 0 Å². The average molecular weight is 322 g/mol. The van der Waals surface area contributed by atoms with Crippen molar-refractivity contribution in [2.75, 3.05) is 30.3 Å². The highest BCUT2D eigenvalue weighted by atomic mass is 16.5. The molecule has 1 fully saturated rings. The van der Waals surface area contributed by atoms with Crippen LogP contribution in [-0.2, 0) is 16.0 Å². The van der Waals surface area contributed by atoms with Crippen LogP contribution < -0.4 is 10.6 Å². The number of carboxylic acids is 1. The van der Waals surface area contributed by atoms with Crippen molar-refractivity contribution in [3.05, 3.63) is 11.3 Å². The van der Waals surface area contributed by atoms with Gasteiger partial charge in [0.2, 0.25) is 5.95 Å². The first-order valence-corrected chi connectivity index (χ1v) is 8.22. The summed E-state index contributed by atoms with van der Waals surface area (Å²) in [6.07, 6.45) is 3.72. The van der Waals surface area contributed by atoms with E-state index in [1.165, 1.54) is 0 Å². The van der Waals surface area contributed by atoms with Crippen molar-refractivity contribution < 1.29 is 14.6 Å². The van der Waals surface area contributed by atoms with Crippen LogP contribution in [0, 0.1) is 6.92 Å². The van der Waals surface area contributed by atoms with Gasteiger partial charge in [-0.1, -0.05) is 6.92 Å². The number of nitrogen functional groups attached to an aromatic ring is 1. The first-order chi connectivity index (χ1) is 11.0. The lowest BCUT2D eigenvalue weighted by molar-refractivity contribution is -0.136. The number of ether oxygens (including phenoxy) is 1. The SMILES string of the molecule is CCCO[C@H]1CCCN(c2nc(N)nc(C)c2CCC(=O)O)C1. The second-order valence-electron chi connectivity index (χ2n) is 5.94. The van der Waals surface area contributed by atoms with Gasteiger partial charge in [-0.15, -0.1) is 0 Å². The van der Waals surface area contributed by atoms with Crippen molar-refractivity contribution in [1.29, 1.82) is 0 Å². The van der Waals surface area contributed by atoms with Crippen LogP contribution in [0.3, 0.4) is 0 Å². The van der Waals surface area contributed by atoms with Gasteiger partial charge in [0.15, 0.2) is 0 Å². The molecule has 0 radical (unpaired) electrons. The second-order valence-corrected chi connectivity index (χ2v) is 5.94. The summed E-state index contributed by atoms with van der Waals surface area (Å²) >= 11 is 0. The Bertz CT molecular complexity index is 550. The van der Waals surface area contributed by atoms with E-state index in [1.54, 1.807) is 0 Å². The number of nitrogens with two attached hydrogens (primary N) is 1. The zero-order valence-corrected chi connectivity index (χ0v) is 13.9. The fourth-order valence-corrected chi connectivity index (χ4v) is 2.94. The number of hydrogen-bond donors (Lipinski definition) is 2. The molecule has 0 aliphatic carbocycles. The zero-order chi connectivity index (χ0) is 16.8. The van der Waals surface area contributed by atoms with Crippen LogP contribution >= 0.6 is 0 Å². The minimum Gasteiger partial charge on any atom is -0.481 e. The highest BCUT2D eigenvalue weighted by Crippen LogP contribution is 2.27. The quantitative estimate of drug-likeness (QED) is 0.789. The van der Waals surface area contributed by atoms with Gasteiger partial charge < -0.3 is 20.5 Å². The summed E-state index contributed by atoms with van der Waals surface area (Å²) in [5.41, 5.74) is 7.44. The molecule has 23 heavy (non-hydrogen) atoms. The highest BCUT2D eigenvalue weighted by molar-refractivity contribution is 5.68. The van der Waals surface area contributed by atoms with Crippen LogP contribution in [0.5, 0.6) is 0 Å². The molecule has 0 spiro atoms. The number of rotatable bonds is 7. The lowest BCUT2D eigenvalue weighted by Crippen LogP contribution is -2.41. The molecule has 3 N–H and O–H groups in total. The van der Waals surface area contributed by atoms with E-state index in [0.29, 0.717) is 6.42 Å². The smallest absolute Gasteiger partial charge is 0.303 e. The summed E-state index contributed by atoms with van der Waals surface area (Å²) in [4.78, 5) is 21.7. The normalized spacial score (nSPS) is 18.2. The Morgan fingerprint density at radius 1 is 1.48 bits per heavy atom. The molecule has 2 rings (SSSR count). The minimum absolute atomic E-state index is 0.0602. The third-order valence-corrected chi connectivity index (χ3v) is 4.03. The van der Waals surface area contributed by atoms with E-state index in [9.17, 15) is 4.79 Å². The van der Waals surface area contributed by atoms with Gasteiger partial charge in [-0.3, -0.25) is 4.79 Å². The Morgan fingerprint density at radius 3 is 2.96 bits per heavy atom. The van der Waals surface area contributed by atoms with Gasteiger partial charge in [-0.25, -0.2) is 4.98 Å². The van der Waals surface area contributed by atoms with Crippen molar-refractivity contribution in [3.8, 4) is 0 Å². The average Bonchev–Trinajstić information content (AvgIpc) is 2.51. The van der Waals surface area contributed by atoms with Gasteiger partial charge in [0.05, 0.1) is 6.10 Å². The topological polar surface area (TPSA) is 102 Å². The van der Waals surface area contributed by atoms with Gasteiger partial charge in [0, 0.05) is 37.4 Å². The van der Waals surface area contributed by atoms with E-state index in [-0.39, 0.29) is 18.5 Å². The molecule has 7 nitrogen and oxygen atoms in total. The molecule has 128 valence electrons. The van der Waals surface area contributed by atoms with Crippen LogP contribution in [0.4, 0.5) is 11.8 Å². The monoisotopic (exact) mass is 322 g/mol. The Balaban J connectivity index is 2.20. The molecular formula is C16H26N4O3. The van der Waals surface area contributed by atoms with E-state index in [1.807, 2.05) is 6.92 Å². The summed E-state index contributed by atoms with van der Waals surface area (Å²) < 4.78 is 5.87. The van der Waals surface area contributed by atoms with Crippen LogP contribution in [0.25, 0.3) is 0 Å². The molecule has 0 saturated carbocycles. The van der Waals surface area contributed by atoms with Crippen molar-refractivity contribution >= 4 is 17.7 Å². The minimum atomic E-state index is -0.824. The third-order valence-electron chi connectivity index (χ3n) is 4.03. The fourth-order valence-electron chi connectivity index (χ4n) is 2.94. The van der Waals surface area contributed by atoms with E-state index in [2.05, 4.69) is 21.8 Å².